The summed E-state index contributed by atoms with van der Waals surface area (Å²) in [6.07, 6.45) is 2.01. The van der Waals surface area contributed by atoms with Crippen LogP contribution in [0.4, 0.5) is 0 Å². The maximum atomic E-state index is 11.8. The molecule has 1 aliphatic heterocycles. The Morgan fingerprint density at radius 3 is 2.74 bits per heavy atom. The van der Waals surface area contributed by atoms with E-state index in [1.165, 1.54) is 0 Å². The molecular formula is C18H22N2O3. The first-order valence-corrected chi connectivity index (χ1v) is 7.78. The third-order valence-electron chi connectivity index (χ3n) is 3.93. The fourth-order valence-electron chi connectivity index (χ4n) is 2.60. The standard InChI is InChI=1S/C18H22N2O3/c1-14(21)20-11-3-4-16(13-20)12-19-18(22)10-7-15-5-8-17(23-2)9-6-15/h5-6,8-9,16H,3-4,11-13H2,1-2H3,(H,19,22)/t16-/m1/s1. The van der Waals surface area contributed by atoms with Gasteiger partial charge in [0.2, 0.25) is 5.91 Å². The molecule has 0 unspecified atom stereocenters. The van der Waals surface area contributed by atoms with Crippen molar-refractivity contribution in [1.29, 1.82) is 0 Å². The number of nitrogens with zero attached hydrogens (tertiary/aromatic N) is 1. The molecule has 1 aliphatic rings. The molecule has 1 atom stereocenters. The van der Waals surface area contributed by atoms with Crippen LogP contribution in [0.1, 0.15) is 25.3 Å². The Kier molecular flexibility index (Phi) is 6.04. The lowest BCUT2D eigenvalue weighted by molar-refractivity contribution is -0.130. The first kappa shape index (κ1) is 16.9. The fraction of sp³-hybridized carbons (Fsp3) is 0.444. The molecule has 2 amide bonds. The van der Waals surface area contributed by atoms with E-state index in [1.807, 2.05) is 17.0 Å². The van der Waals surface area contributed by atoms with Crippen molar-refractivity contribution in [3.63, 3.8) is 0 Å². The number of methoxy groups -OCH3 is 1. The number of rotatable bonds is 3. The molecule has 1 heterocycles. The fourth-order valence-corrected chi connectivity index (χ4v) is 2.60. The predicted octanol–water partition coefficient (Wildman–Crippen LogP) is 1.42. The molecule has 5 nitrogen and oxygen atoms in total. The third kappa shape index (κ3) is 5.33. The van der Waals surface area contributed by atoms with E-state index in [4.69, 9.17) is 4.74 Å². The zero-order valence-electron chi connectivity index (χ0n) is 13.6. The number of carbonyl (C=O) groups is 2. The second-order valence-electron chi connectivity index (χ2n) is 5.66. The van der Waals surface area contributed by atoms with Gasteiger partial charge >= 0.3 is 0 Å². The molecule has 1 saturated heterocycles. The number of hydrogen-bond acceptors (Lipinski definition) is 3. The van der Waals surface area contributed by atoms with Crippen LogP contribution < -0.4 is 10.1 Å². The molecule has 5 heteroatoms. The summed E-state index contributed by atoms with van der Waals surface area (Å²) in [5.74, 6) is 6.29. The number of hydrogen-bond donors (Lipinski definition) is 1. The summed E-state index contributed by atoms with van der Waals surface area (Å²) in [6.45, 7) is 3.67. The lowest BCUT2D eigenvalue weighted by Gasteiger charge is -2.31. The maximum absolute atomic E-state index is 11.8. The van der Waals surface area contributed by atoms with Gasteiger partial charge in [-0.3, -0.25) is 9.59 Å². The molecule has 1 aromatic rings. The van der Waals surface area contributed by atoms with E-state index < -0.39 is 0 Å². The Morgan fingerprint density at radius 2 is 2.09 bits per heavy atom. The minimum atomic E-state index is -0.291. The summed E-state index contributed by atoms with van der Waals surface area (Å²) in [5, 5.41) is 2.83. The molecule has 0 bridgehead atoms. The van der Waals surface area contributed by atoms with E-state index in [2.05, 4.69) is 17.2 Å². The van der Waals surface area contributed by atoms with Crippen LogP contribution in [0, 0.1) is 17.8 Å². The normalized spacial score (nSPS) is 17.0. The van der Waals surface area contributed by atoms with Crippen molar-refractivity contribution in [3.05, 3.63) is 29.8 Å². The van der Waals surface area contributed by atoms with Gasteiger partial charge in [-0.1, -0.05) is 5.92 Å². The van der Waals surface area contributed by atoms with Crippen molar-refractivity contribution in [2.24, 2.45) is 5.92 Å². The van der Waals surface area contributed by atoms with Crippen molar-refractivity contribution < 1.29 is 14.3 Å². The van der Waals surface area contributed by atoms with E-state index in [0.717, 1.165) is 30.7 Å². The molecule has 0 aromatic heterocycles. The first-order chi connectivity index (χ1) is 11.1. The second-order valence-corrected chi connectivity index (χ2v) is 5.66. The van der Waals surface area contributed by atoms with Crippen molar-refractivity contribution in [1.82, 2.24) is 10.2 Å². The number of benzene rings is 1. The summed E-state index contributed by atoms with van der Waals surface area (Å²) >= 11 is 0. The van der Waals surface area contributed by atoms with E-state index in [-0.39, 0.29) is 11.8 Å². The average molecular weight is 314 g/mol. The number of carbonyl (C=O) groups excluding carboxylic acids is 2. The van der Waals surface area contributed by atoms with Crippen molar-refractivity contribution in [3.8, 4) is 17.6 Å². The molecule has 1 fully saturated rings. The molecule has 1 N–H and O–H groups in total. The van der Waals surface area contributed by atoms with Crippen LogP contribution in [-0.4, -0.2) is 43.5 Å². The third-order valence-corrected chi connectivity index (χ3v) is 3.93. The Bertz CT molecular complexity index is 613. The quantitative estimate of drug-likeness (QED) is 0.859. The van der Waals surface area contributed by atoms with Gasteiger partial charge in [0, 0.05) is 38.0 Å². The Hall–Kier alpha value is -2.48. The maximum Gasteiger partial charge on any atom is 0.296 e. The summed E-state index contributed by atoms with van der Waals surface area (Å²) in [6, 6.07) is 7.23. The van der Waals surface area contributed by atoms with Gasteiger partial charge in [0.25, 0.3) is 5.91 Å². The summed E-state index contributed by atoms with van der Waals surface area (Å²) in [5.41, 5.74) is 0.765. The SMILES string of the molecule is COc1ccc(C#CC(=O)NC[C@H]2CCCN(C(C)=O)C2)cc1. The first-order valence-electron chi connectivity index (χ1n) is 7.78. The molecular weight excluding hydrogens is 292 g/mol. The van der Waals surface area contributed by atoms with Gasteiger partial charge in [-0.15, -0.1) is 0 Å². The highest BCUT2D eigenvalue weighted by molar-refractivity contribution is 5.94. The summed E-state index contributed by atoms with van der Waals surface area (Å²) < 4.78 is 5.07. The van der Waals surface area contributed by atoms with Crippen LogP contribution >= 0.6 is 0 Å². The summed E-state index contributed by atoms with van der Waals surface area (Å²) in [4.78, 5) is 25.0. The lowest BCUT2D eigenvalue weighted by Crippen LogP contribution is -2.42. The lowest BCUT2D eigenvalue weighted by atomic mass is 9.98. The minimum Gasteiger partial charge on any atom is -0.497 e. The molecule has 122 valence electrons. The highest BCUT2D eigenvalue weighted by Crippen LogP contribution is 2.15. The molecule has 0 spiro atoms. The zero-order chi connectivity index (χ0) is 16.7. The number of amides is 2. The minimum absolute atomic E-state index is 0.0975. The van der Waals surface area contributed by atoms with Crippen LogP contribution in [0.2, 0.25) is 0 Å². The topological polar surface area (TPSA) is 58.6 Å². The number of piperidine rings is 1. The summed E-state index contributed by atoms with van der Waals surface area (Å²) in [7, 11) is 1.60. The Labute approximate surface area is 137 Å². The van der Waals surface area contributed by atoms with Gasteiger partial charge < -0.3 is 15.0 Å². The average Bonchev–Trinajstić information content (AvgIpc) is 2.58. The number of likely N-dealkylation sites (tertiary alicyclic amines) is 1. The largest absolute Gasteiger partial charge is 0.497 e. The van der Waals surface area contributed by atoms with Crippen molar-refractivity contribution in [2.75, 3.05) is 26.7 Å². The van der Waals surface area contributed by atoms with E-state index in [1.54, 1.807) is 26.2 Å². The van der Waals surface area contributed by atoms with Crippen LogP contribution in [0.3, 0.4) is 0 Å². The van der Waals surface area contributed by atoms with Gasteiger partial charge in [0.1, 0.15) is 5.75 Å². The highest BCUT2D eigenvalue weighted by atomic mass is 16.5. The Morgan fingerprint density at radius 1 is 1.35 bits per heavy atom. The molecule has 1 aromatic carbocycles. The molecule has 23 heavy (non-hydrogen) atoms. The second kappa shape index (κ2) is 8.23. The van der Waals surface area contributed by atoms with Gasteiger partial charge in [0.15, 0.2) is 0 Å². The van der Waals surface area contributed by atoms with E-state index >= 15 is 0 Å². The van der Waals surface area contributed by atoms with Gasteiger partial charge in [0.05, 0.1) is 7.11 Å². The van der Waals surface area contributed by atoms with Crippen LogP contribution in [0.5, 0.6) is 5.75 Å². The molecule has 0 aliphatic carbocycles. The van der Waals surface area contributed by atoms with E-state index in [0.29, 0.717) is 19.0 Å². The smallest absolute Gasteiger partial charge is 0.296 e. The zero-order valence-corrected chi connectivity index (χ0v) is 13.6. The van der Waals surface area contributed by atoms with Gasteiger partial charge in [-0.05, 0) is 43.0 Å². The predicted molar refractivity (Wildman–Crippen MR) is 87.9 cm³/mol. The van der Waals surface area contributed by atoms with Crippen molar-refractivity contribution >= 4 is 11.8 Å². The Balaban J connectivity index is 1.81. The molecule has 2 rings (SSSR count). The van der Waals surface area contributed by atoms with Crippen LogP contribution in [0.15, 0.2) is 24.3 Å². The number of nitrogens with one attached hydrogen (secondary N) is 1. The molecule has 0 saturated carbocycles. The van der Waals surface area contributed by atoms with E-state index in [9.17, 15) is 9.59 Å². The molecule has 0 radical (unpaired) electrons. The van der Waals surface area contributed by atoms with Crippen molar-refractivity contribution in [2.45, 2.75) is 19.8 Å². The monoisotopic (exact) mass is 314 g/mol. The highest BCUT2D eigenvalue weighted by Gasteiger charge is 2.21. The number of ether oxygens (including phenoxy) is 1. The van der Waals surface area contributed by atoms with Crippen LogP contribution in [0.25, 0.3) is 0 Å². The van der Waals surface area contributed by atoms with Gasteiger partial charge in [-0.2, -0.15) is 0 Å². The van der Waals surface area contributed by atoms with Crippen LogP contribution in [-0.2, 0) is 9.59 Å². The van der Waals surface area contributed by atoms with Gasteiger partial charge in [-0.25, -0.2) is 0 Å².